The van der Waals surface area contributed by atoms with Crippen LogP contribution >= 0.6 is 0 Å². The summed E-state index contributed by atoms with van der Waals surface area (Å²) in [6, 6.07) is 4.67. The number of alkyl halides is 1. The third kappa shape index (κ3) is 2.88. The van der Waals surface area contributed by atoms with E-state index in [-0.39, 0.29) is 29.3 Å². The van der Waals surface area contributed by atoms with Crippen LogP contribution in [-0.2, 0) is 6.54 Å². The molecule has 0 saturated carbocycles. The molecular weight excluding hydrogens is 375 g/mol. The van der Waals surface area contributed by atoms with Gasteiger partial charge in [-0.1, -0.05) is 6.07 Å². The molecule has 28 heavy (non-hydrogen) atoms. The Kier molecular flexibility index (Phi) is 4.30. The molecule has 0 fully saturated rings. The van der Waals surface area contributed by atoms with Crippen LogP contribution in [0.15, 0.2) is 41.7 Å². The van der Waals surface area contributed by atoms with Crippen molar-refractivity contribution in [2.75, 3.05) is 12.0 Å². The highest BCUT2D eigenvalue weighted by Gasteiger charge is 2.26. The summed E-state index contributed by atoms with van der Waals surface area (Å²) in [6.45, 7) is -0.805. The number of hydrogen-bond donors (Lipinski definition) is 2. The van der Waals surface area contributed by atoms with Crippen LogP contribution in [0.5, 0.6) is 0 Å². The van der Waals surface area contributed by atoms with Gasteiger partial charge >= 0.3 is 5.97 Å². The number of aromatic carboxylic acids is 1. The molecule has 7 nitrogen and oxygen atoms in total. The van der Waals surface area contributed by atoms with Gasteiger partial charge in [-0.2, -0.15) is 5.10 Å². The normalized spacial score (nSPS) is 12.5. The minimum atomic E-state index is -1.26. The first-order valence-corrected chi connectivity index (χ1v) is 8.15. The molecule has 0 radical (unpaired) electrons. The number of fused-ring (bicyclic) bond motifs is 3. The summed E-state index contributed by atoms with van der Waals surface area (Å²) in [6.07, 6.45) is 2.54. The number of aliphatic imine (C=N–C) groups is 1. The van der Waals surface area contributed by atoms with Gasteiger partial charge in [-0.25, -0.2) is 27.9 Å². The first-order chi connectivity index (χ1) is 13.5. The zero-order valence-corrected chi connectivity index (χ0v) is 14.2. The van der Waals surface area contributed by atoms with Crippen molar-refractivity contribution in [1.82, 2.24) is 14.8 Å². The van der Waals surface area contributed by atoms with E-state index in [9.17, 15) is 23.1 Å². The smallest absolute Gasteiger partial charge is 0.354 e. The lowest BCUT2D eigenvalue weighted by Gasteiger charge is -2.10. The number of aryl methyl sites for hydroxylation is 1. The number of nitrogens with one attached hydrogen (secondary N) is 1. The summed E-state index contributed by atoms with van der Waals surface area (Å²) in [4.78, 5) is 19.4. The molecule has 4 rings (SSSR count). The molecule has 3 heterocycles. The average Bonchev–Trinajstić information content (AvgIpc) is 2.96. The quantitative estimate of drug-likeness (QED) is 0.716. The second-order valence-corrected chi connectivity index (χ2v) is 5.89. The second-order valence-electron chi connectivity index (χ2n) is 5.89. The molecule has 0 unspecified atom stereocenters. The Balaban J connectivity index is 1.99. The van der Waals surface area contributed by atoms with Gasteiger partial charge in [0.15, 0.2) is 0 Å². The van der Waals surface area contributed by atoms with E-state index < -0.39 is 24.3 Å². The number of amidine groups is 1. The maximum atomic E-state index is 14.3. The number of carboxylic acid groups (broad SMARTS) is 1. The number of carboxylic acids is 1. The minimum absolute atomic E-state index is 0.0927. The predicted octanol–water partition coefficient (Wildman–Crippen LogP) is 3.39. The largest absolute Gasteiger partial charge is 0.477 e. The number of aromatic nitrogens is 3. The van der Waals surface area contributed by atoms with Crippen molar-refractivity contribution >= 4 is 23.2 Å². The average molecular weight is 387 g/mol. The fraction of sp³-hybridized carbons (Fsp3) is 0.111. The number of nitrogens with zero attached hydrogens (tertiary/aromatic N) is 4. The molecule has 0 amide bonds. The van der Waals surface area contributed by atoms with Gasteiger partial charge in [0.25, 0.3) is 0 Å². The second kappa shape index (κ2) is 6.80. The first-order valence-electron chi connectivity index (χ1n) is 8.15. The van der Waals surface area contributed by atoms with Crippen molar-refractivity contribution in [3.63, 3.8) is 0 Å². The van der Waals surface area contributed by atoms with E-state index in [1.165, 1.54) is 29.2 Å². The van der Waals surface area contributed by atoms with Crippen LogP contribution in [0.25, 0.3) is 11.3 Å². The van der Waals surface area contributed by atoms with E-state index in [1.807, 2.05) is 0 Å². The molecule has 0 spiro atoms. The number of benzene rings is 1. The molecule has 1 aliphatic rings. The van der Waals surface area contributed by atoms with Crippen molar-refractivity contribution in [3.05, 3.63) is 59.6 Å². The number of carbonyl (C=O) groups is 1. The molecule has 2 N–H and O–H groups in total. The van der Waals surface area contributed by atoms with Gasteiger partial charge in [-0.05, 0) is 18.2 Å². The summed E-state index contributed by atoms with van der Waals surface area (Å²) < 4.78 is 42.8. The molecule has 0 bridgehead atoms. The van der Waals surface area contributed by atoms with Gasteiger partial charge in [-0.15, -0.1) is 0 Å². The molecule has 3 aromatic rings. The lowest BCUT2D eigenvalue weighted by molar-refractivity contribution is 0.0690. The number of pyridine rings is 1. The van der Waals surface area contributed by atoms with Crippen LogP contribution in [0.2, 0.25) is 0 Å². The summed E-state index contributed by atoms with van der Waals surface area (Å²) in [5.74, 6) is -3.06. The van der Waals surface area contributed by atoms with Crippen LogP contribution in [0.3, 0.4) is 0 Å². The fourth-order valence-corrected chi connectivity index (χ4v) is 2.97. The van der Waals surface area contributed by atoms with Gasteiger partial charge in [-0.3, -0.25) is 4.68 Å². The van der Waals surface area contributed by atoms with Gasteiger partial charge in [0, 0.05) is 5.56 Å². The fourth-order valence-electron chi connectivity index (χ4n) is 2.97. The minimum Gasteiger partial charge on any atom is -0.477 e. The van der Waals surface area contributed by atoms with E-state index in [1.54, 1.807) is 0 Å². The highest BCUT2D eigenvalue weighted by molar-refractivity contribution is 6.13. The van der Waals surface area contributed by atoms with Crippen molar-refractivity contribution in [2.24, 2.45) is 4.99 Å². The maximum absolute atomic E-state index is 14.3. The number of anilines is 1. The topological polar surface area (TPSA) is 92.4 Å². The monoisotopic (exact) mass is 387 g/mol. The molecular formula is C18H12F3N5O2. The predicted molar refractivity (Wildman–Crippen MR) is 94.6 cm³/mol. The third-order valence-corrected chi connectivity index (χ3v) is 4.18. The van der Waals surface area contributed by atoms with Crippen molar-refractivity contribution in [3.8, 4) is 11.3 Å². The molecule has 0 saturated heterocycles. The zero-order chi connectivity index (χ0) is 19.8. The lowest BCUT2D eigenvalue weighted by Crippen LogP contribution is -2.16. The van der Waals surface area contributed by atoms with Crippen LogP contribution in [-0.4, -0.2) is 38.4 Å². The molecule has 1 aromatic carbocycles. The van der Waals surface area contributed by atoms with Crippen LogP contribution < -0.4 is 5.32 Å². The Morgan fingerprint density at radius 3 is 2.64 bits per heavy atom. The Bertz CT molecular complexity index is 1110. The van der Waals surface area contributed by atoms with Crippen molar-refractivity contribution < 1.29 is 23.1 Å². The van der Waals surface area contributed by atoms with E-state index in [4.69, 9.17) is 0 Å². The van der Waals surface area contributed by atoms with Crippen LogP contribution in [0.1, 0.15) is 16.1 Å². The summed E-state index contributed by atoms with van der Waals surface area (Å²) >= 11 is 0. The van der Waals surface area contributed by atoms with Gasteiger partial charge in [0.1, 0.15) is 29.8 Å². The molecule has 0 atom stereocenters. The highest BCUT2D eigenvalue weighted by atomic mass is 19.1. The van der Waals surface area contributed by atoms with Crippen LogP contribution in [0, 0.1) is 11.6 Å². The van der Waals surface area contributed by atoms with E-state index in [2.05, 4.69) is 20.4 Å². The van der Waals surface area contributed by atoms with E-state index >= 15 is 0 Å². The van der Waals surface area contributed by atoms with Gasteiger partial charge < -0.3 is 10.4 Å². The lowest BCUT2D eigenvalue weighted by atomic mass is 10.1. The van der Waals surface area contributed by atoms with Crippen molar-refractivity contribution in [2.45, 2.75) is 6.54 Å². The number of hydrogen-bond acceptors (Lipinski definition) is 5. The highest BCUT2D eigenvalue weighted by Crippen LogP contribution is 2.38. The maximum Gasteiger partial charge on any atom is 0.354 e. The number of halogens is 3. The first kappa shape index (κ1) is 17.7. The van der Waals surface area contributed by atoms with Gasteiger partial charge in [0.2, 0.25) is 0 Å². The Morgan fingerprint density at radius 1 is 1.21 bits per heavy atom. The van der Waals surface area contributed by atoms with Gasteiger partial charge in [0.05, 0.1) is 41.6 Å². The molecule has 142 valence electrons. The molecule has 10 heteroatoms. The van der Waals surface area contributed by atoms with E-state index in [0.717, 1.165) is 12.1 Å². The van der Waals surface area contributed by atoms with E-state index in [0.29, 0.717) is 16.9 Å². The Hall–Kier alpha value is -3.69. The number of rotatable bonds is 4. The zero-order valence-electron chi connectivity index (χ0n) is 14.2. The third-order valence-electron chi connectivity index (χ3n) is 4.18. The molecule has 1 aliphatic heterocycles. The Labute approximate surface area is 156 Å². The molecule has 0 aliphatic carbocycles. The molecule has 2 aromatic heterocycles. The van der Waals surface area contributed by atoms with Crippen LogP contribution in [0.4, 0.5) is 24.5 Å². The van der Waals surface area contributed by atoms with Crippen molar-refractivity contribution in [1.29, 1.82) is 0 Å². The summed E-state index contributed by atoms with van der Waals surface area (Å²) in [5.41, 5.74) is 0.460. The Morgan fingerprint density at radius 2 is 1.96 bits per heavy atom. The SMILES string of the molecule is O=C(O)c1cc2c(cn1)N=C(c1c(F)cccc1F)Nc1cnn(CCF)c1-2. The summed E-state index contributed by atoms with van der Waals surface area (Å²) in [5, 5.41) is 16.1. The summed E-state index contributed by atoms with van der Waals surface area (Å²) in [7, 11) is 0. The standard InChI is InChI=1S/C18H12F3N5O2/c19-4-5-26-16-9-6-12(18(27)28)22-7-13(9)24-17(25-14(16)8-23-26)15-10(20)2-1-3-11(15)21/h1-3,6-8H,4-5H2,(H,24,25)(H,27,28).